The van der Waals surface area contributed by atoms with Gasteiger partial charge in [-0.05, 0) is 6.07 Å². The third-order valence-corrected chi connectivity index (χ3v) is 3.81. The van der Waals surface area contributed by atoms with E-state index < -0.39 is 4.92 Å². The van der Waals surface area contributed by atoms with Crippen molar-refractivity contribution >= 4 is 5.69 Å². The Morgan fingerprint density at radius 1 is 1.36 bits per heavy atom. The Balaban J connectivity index is 2.09. The van der Waals surface area contributed by atoms with Crippen LogP contribution < -0.4 is 20.1 Å². The predicted molar refractivity (Wildman–Crippen MR) is 80.3 cm³/mol. The summed E-state index contributed by atoms with van der Waals surface area (Å²) in [4.78, 5) is 10.8. The van der Waals surface area contributed by atoms with Crippen molar-refractivity contribution in [3.8, 4) is 11.5 Å². The lowest BCUT2D eigenvalue weighted by molar-refractivity contribution is -0.385. The average molecular weight is 311 g/mol. The van der Waals surface area contributed by atoms with Gasteiger partial charge in [0.25, 0.3) is 5.69 Å². The topological polar surface area (TPSA) is 106 Å². The number of β-amino-alcohol motifs (C(OH)–C–C–N with tert-alkyl or cyclic N) is 1. The van der Waals surface area contributed by atoms with E-state index in [0.717, 1.165) is 6.54 Å². The third-order valence-electron chi connectivity index (χ3n) is 3.81. The molecule has 2 unspecified atom stereocenters. The van der Waals surface area contributed by atoms with E-state index in [4.69, 9.17) is 9.47 Å². The van der Waals surface area contributed by atoms with Gasteiger partial charge in [-0.3, -0.25) is 10.1 Å². The van der Waals surface area contributed by atoms with E-state index in [1.807, 2.05) is 0 Å². The van der Waals surface area contributed by atoms with Gasteiger partial charge >= 0.3 is 0 Å². The molecule has 0 aromatic heterocycles. The van der Waals surface area contributed by atoms with Crippen LogP contribution in [0.2, 0.25) is 0 Å². The molecular formula is C14H21N3O5. The molecule has 122 valence electrons. The molecule has 2 atom stereocenters. The van der Waals surface area contributed by atoms with Gasteiger partial charge < -0.3 is 25.2 Å². The van der Waals surface area contributed by atoms with E-state index in [-0.39, 0.29) is 17.7 Å². The third kappa shape index (κ3) is 3.65. The van der Waals surface area contributed by atoms with Crippen LogP contribution in [0.1, 0.15) is 5.56 Å². The van der Waals surface area contributed by atoms with Crippen molar-refractivity contribution in [2.45, 2.75) is 12.6 Å². The zero-order chi connectivity index (χ0) is 16.1. The van der Waals surface area contributed by atoms with Gasteiger partial charge in [0.1, 0.15) is 0 Å². The van der Waals surface area contributed by atoms with Gasteiger partial charge in [-0.25, -0.2) is 0 Å². The number of nitrogens with one attached hydrogen (secondary N) is 2. The average Bonchev–Trinajstić information content (AvgIpc) is 2.91. The minimum Gasteiger partial charge on any atom is -0.493 e. The van der Waals surface area contributed by atoms with Crippen LogP contribution in [0.4, 0.5) is 5.69 Å². The molecule has 3 N–H and O–H groups in total. The zero-order valence-corrected chi connectivity index (χ0v) is 12.7. The van der Waals surface area contributed by atoms with E-state index in [9.17, 15) is 15.2 Å². The first kappa shape index (κ1) is 16.5. The van der Waals surface area contributed by atoms with Gasteiger partial charge in [0.2, 0.25) is 0 Å². The first-order chi connectivity index (χ1) is 10.6. The summed E-state index contributed by atoms with van der Waals surface area (Å²) < 4.78 is 10.3. The molecule has 0 saturated carbocycles. The molecule has 8 heteroatoms. The smallest absolute Gasteiger partial charge is 0.277 e. The summed E-state index contributed by atoms with van der Waals surface area (Å²) in [7, 11) is 2.93. The van der Waals surface area contributed by atoms with Gasteiger partial charge in [0.05, 0.1) is 31.3 Å². The predicted octanol–water partition coefficient (Wildman–Crippen LogP) is 0.282. The summed E-state index contributed by atoms with van der Waals surface area (Å²) in [5.74, 6) is 0.889. The number of aliphatic hydroxyl groups is 1. The van der Waals surface area contributed by atoms with Crippen molar-refractivity contribution in [1.29, 1.82) is 0 Å². The molecule has 0 aliphatic carbocycles. The van der Waals surface area contributed by atoms with Crippen LogP contribution in [0.15, 0.2) is 12.1 Å². The fourth-order valence-corrected chi connectivity index (χ4v) is 2.54. The van der Waals surface area contributed by atoms with Gasteiger partial charge in [-0.2, -0.15) is 0 Å². The summed E-state index contributed by atoms with van der Waals surface area (Å²) in [6.07, 6.45) is -0.382. The van der Waals surface area contributed by atoms with Gasteiger partial charge in [0.15, 0.2) is 11.5 Å². The maximum Gasteiger partial charge on any atom is 0.277 e. The Kier molecular flexibility index (Phi) is 5.53. The SMILES string of the molecule is COc1cc(CNCC2CNCC2O)c([N+](=O)[O-])cc1OC. The van der Waals surface area contributed by atoms with Crippen molar-refractivity contribution in [2.24, 2.45) is 5.92 Å². The Bertz CT molecular complexity index is 537. The molecule has 1 aliphatic rings. The van der Waals surface area contributed by atoms with Crippen molar-refractivity contribution in [1.82, 2.24) is 10.6 Å². The lowest BCUT2D eigenvalue weighted by atomic mass is 10.1. The number of ether oxygens (including phenoxy) is 2. The van der Waals surface area contributed by atoms with Crippen molar-refractivity contribution < 1.29 is 19.5 Å². The summed E-state index contributed by atoms with van der Waals surface area (Å²) in [6.45, 7) is 2.23. The van der Waals surface area contributed by atoms with Crippen LogP contribution in [0, 0.1) is 16.0 Å². The van der Waals surface area contributed by atoms with Gasteiger partial charge in [-0.15, -0.1) is 0 Å². The van der Waals surface area contributed by atoms with E-state index >= 15 is 0 Å². The zero-order valence-electron chi connectivity index (χ0n) is 12.7. The summed E-state index contributed by atoms with van der Waals surface area (Å²) in [5.41, 5.74) is 0.498. The van der Waals surface area contributed by atoms with Crippen molar-refractivity contribution in [3.05, 3.63) is 27.8 Å². The number of nitrogens with zero attached hydrogens (tertiary/aromatic N) is 1. The Morgan fingerprint density at radius 2 is 2.05 bits per heavy atom. The highest BCUT2D eigenvalue weighted by atomic mass is 16.6. The minimum atomic E-state index is -0.440. The van der Waals surface area contributed by atoms with Crippen LogP contribution >= 0.6 is 0 Å². The van der Waals surface area contributed by atoms with Crippen LogP contribution in [0.3, 0.4) is 0 Å². The second-order valence-electron chi connectivity index (χ2n) is 5.21. The summed E-state index contributed by atoms with van der Waals surface area (Å²) in [6, 6.07) is 2.97. The summed E-state index contributed by atoms with van der Waals surface area (Å²) in [5, 5.41) is 27.2. The number of rotatable bonds is 7. The number of nitro benzene ring substituents is 1. The minimum absolute atomic E-state index is 0.0183. The highest BCUT2D eigenvalue weighted by molar-refractivity contribution is 5.54. The maximum absolute atomic E-state index is 11.2. The van der Waals surface area contributed by atoms with Crippen molar-refractivity contribution in [2.75, 3.05) is 33.9 Å². The largest absolute Gasteiger partial charge is 0.493 e. The molecule has 1 saturated heterocycles. The number of aliphatic hydroxyl groups excluding tert-OH is 1. The summed E-state index contributed by atoms with van der Waals surface area (Å²) >= 11 is 0. The molecule has 1 aromatic rings. The number of benzene rings is 1. The van der Waals surface area contributed by atoms with Crippen LogP contribution in [0.5, 0.6) is 11.5 Å². The second kappa shape index (κ2) is 7.39. The Hall–Kier alpha value is -1.90. The van der Waals surface area contributed by atoms with Crippen LogP contribution in [-0.4, -0.2) is 50.0 Å². The maximum atomic E-state index is 11.2. The molecule has 2 rings (SSSR count). The lowest BCUT2D eigenvalue weighted by Gasteiger charge is -2.15. The van der Waals surface area contributed by atoms with E-state index in [1.165, 1.54) is 20.3 Å². The number of hydrogen-bond acceptors (Lipinski definition) is 7. The van der Waals surface area contributed by atoms with E-state index in [1.54, 1.807) is 6.07 Å². The Morgan fingerprint density at radius 3 is 2.59 bits per heavy atom. The highest BCUT2D eigenvalue weighted by Gasteiger charge is 2.25. The molecule has 1 heterocycles. The molecule has 0 bridgehead atoms. The van der Waals surface area contributed by atoms with Crippen LogP contribution in [-0.2, 0) is 6.54 Å². The number of hydrogen-bond donors (Lipinski definition) is 3. The first-order valence-electron chi connectivity index (χ1n) is 7.05. The fraction of sp³-hybridized carbons (Fsp3) is 0.571. The molecule has 22 heavy (non-hydrogen) atoms. The van der Waals surface area contributed by atoms with E-state index in [0.29, 0.717) is 36.7 Å². The quantitative estimate of drug-likeness (QED) is 0.490. The van der Waals surface area contributed by atoms with E-state index in [2.05, 4.69) is 10.6 Å². The fourth-order valence-electron chi connectivity index (χ4n) is 2.54. The van der Waals surface area contributed by atoms with Crippen LogP contribution in [0.25, 0.3) is 0 Å². The molecule has 1 aliphatic heterocycles. The molecule has 1 fully saturated rings. The molecule has 8 nitrogen and oxygen atoms in total. The number of methoxy groups -OCH3 is 2. The molecular weight excluding hydrogens is 290 g/mol. The molecule has 0 spiro atoms. The van der Waals surface area contributed by atoms with Crippen molar-refractivity contribution in [3.63, 3.8) is 0 Å². The number of nitro groups is 1. The molecule has 0 amide bonds. The Labute approximate surface area is 128 Å². The second-order valence-corrected chi connectivity index (χ2v) is 5.21. The lowest BCUT2D eigenvalue weighted by Crippen LogP contribution is -2.30. The molecule has 1 aromatic carbocycles. The molecule has 0 radical (unpaired) electrons. The highest BCUT2D eigenvalue weighted by Crippen LogP contribution is 2.34. The normalized spacial score (nSPS) is 20.9. The standard InChI is InChI=1S/C14H21N3O5/c1-21-13-3-9(11(17(19)20)4-14(13)22-2)5-15-6-10-7-16-8-12(10)18/h3-4,10,12,15-16,18H,5-8H2,1-2H3. The monoisotopic (exact) mass is 311 g/mol. The first-order valence-corrected chi connectivity index (χ1v) is 7.05. The van der Waals surface area contributed by atoms with Gasteiger partial charge in [-0.1, -0.05) is 0 Å². The van der Waals surface area contributed by atoms with Gasteiger partial charge in [0, 0.05) is 37.7 Å².